The van der Waals surface area contributed by atoms with Crippen LogP contribution in [-0.4, -0.2) is 24.3 Å². The Kier molecular flexibility index (Phi) is 6.47. The molecule has 2 aromatic carbocycles. The van der Waals surface area contributed by atoms with Crippen molar-refractivity contribution in [1.82, 2.24) is 0 Å². The first-order chi connectivity index (χ1) is 13.0. The number of ether oxygens (including phenoxy) is 2. The first kappa shape index (κ1) is 19.8. The SMILES string of the molecule is COC(=O)c1ccc(NC(O)c2cc(Cl)c(OC3CCCC3)c(Cl)c2)cc1. The van der Waals surface area contributed by atoms with Gasteiger partial charge in [-0.2, -0.15) is 0 Å². The van der Waals surface area contributed by atoms with Crippen LogP contribution in [0.15, 0.2) is 36.4 Å². The van der Waals surface area contributed by atoms with Crippen molar-refractivity contribution in [2.75, 3.05) is 12.4 Å². The van der Waals surface area contributed by atoms with Crippen LogP contribution in [-0.2, 0) is 4.74 Å². The molecule has 0 aliphatic heterocycles. The van der Waals surface area contributed by atoms with Crippen molar-refractivity contribution in [3.63, 3.8) is 0 Å². The van der Waals surface area contributed by atoms with Gasteiger partial charge in [-0.15, -0.1) is 0 Å². The molecular weight excluding hydrogens is 389 g/mol. The van der Waals surface area contributed by atoms with Gasteiger partial charge in [0.25, 0.3) is 0 Å². The van der Waals surface area contributed by atoms with Gasteiger partial charge in [0, 0.05) is 11.3 Å². The number of hydrogen-bond acceptors (Lipinski definition) is 5. The molecule has 1 unspecified atom stereocenters. The van der Waals surface area contributed by atoms with Gasteiger partial charge in [-0.05, 0) is 62.1 Å². The molecule has 5 nitrogen and oxygen atoms in total. The van der Waals surface area contributed by atoms with Crippen molar-refractivity contribution in [2.45, 2.75) is 38.0 Å². The number of carbonyl (C=O) groups excluding carboxylic acids is 1. The summed E-state index contributed by atoms with van der Waals surface area (Å²) in [6.07, 6.45) is 3.41. The van der Waals surface area contributed by atoms with Crippen molar-refractivity contribution >= 4 is 34.9 Å². The Bertz CT molecular complexity index is 781. The van der Waals surface area contributed by atoms with Crippen LogP contribution < -0.4 is 10.1 Å². The molecule has 0 amide bonds. The third-order valence-corrected chi connectivity index (χ3v) is 5.09. The maximum Gasteiger partial charge on any atom is 0.337 e. The highest BCUT2D eigenvalue weighted by Crippen LogP contribution is 2.38. The molecule has 0 bridgehead atoms. The number of hydrogen-bond donors (Lipinski definition) is 2. The van der Waals surface area contributed by atoms with Crippen LogP contribution in [0.5, 0.6) is 5.75 Å². The molecule has 7 heteroatoms. The third kappa shape index (κ3) is 4.86. The van der Waals surface area contributed by atoms with Crippen LogP contribution in [0.1, 0.15) is 47.8 Å². The highest BCUT2D eigenvalue weighted by molar-refractivity contribution is 6.37. The molecule has 0 radical (unpaired) electrons. The van der Waals surface area contributed by atoms with Gasteiger partial charge >= 0.3 is 5.97 Å². The van der Waals surface area contributed by atoms with Crippen LogP contribution in [0.4, 0.5) is 5.69 Å². The Labute approximate surface area is 168 Å². The van der Waals surface area contributed by atoms with E-state index in [0.29, 0.717) is 32.6 Å². The number of methoxy groups -OCH3 is 1. The van der Waals surface area contributed by atoms with Crippen molar-refractivity contribution in [2.24, 2.45) is 0 Å². The fourth-order valence-corrected chi connectivity index (χ4v) is 3.68. The molecule has 2 aromatic rings. The van der Waals surface area contributed by atoms with Crippen molar-refractivity contribution < 1.29 is 19.4 Å². The maximum absolute atomic E-state index is 11.5. The standard InChI is InChI=1S/C20H21Cl2NO4/c1-26-20(25)12-6-8-14(9-7-12)23-19(24)13-10-16(21)18(17(22)11-13)27-15-4-2-3-5-15/h6-11,15,19,23-24H,2-5H2,1H3. The highest BCUT2D eigenvalue weighted by atomic mass is 35.5. The average Bonchev–Trinajstić information content (AvgIpc) is 3.17. The van der Waals surface area contributed by atoms with E-state index in [1.165, 1.54) is 7.11 Å². The second-order valence-corrected chi connectivity index (χ2v) is 7.27. The summed E-state index contributed by atoms with van der Waals surface area (Å²) in [5.74, 6) is 0.0436. The molecule has 3 rings (SSSR count). The number of benzene rings is 2. The minimum atomic E-state index is -1.02. The van der Waals surface area contributed by atoms with E-state index in [-0.39, 0.29) is 6.10 Å². The van der Waals surface area contributed by atoms with Crippen LogP contribution in [0.3, 0.4) is 0 Å². The normalized spacial score (nSPS) is 15.4. The summed E-state index contributed by atoms with van der Waals surface area (Å²) in [6, 6.07) is 9.85. The van der Waals surface area contributed by atoms with E-state index < -0.39 is 12.2 Å². The van der Waals surface area contributed by atoms with Gasteiger partial charge in [-0.1, -0.05) is 23.2 Å². The molecule has 27 heavy (non-hydrogen) atoms. The Hall–Kier alpha value is -1.95. The monoisotopic (exact) mass is 409 g/mol. The number of aliphatic hydroxyl groups excluding tert-OH is 1. The van der Waals surface area contributed by atoms with Crippen LogP contribution in [0.2, 0.25) is 10.0 Å². The van der Waals surface area contributed by atoms with Gasteiger partial charge in [-0.25, -0.2) is 4.79 Å². The fourth-order valence-electron chi connectivity index (χ4n) is 3.08. The first-order valence-electron chi connectivity index (χ1n) is 8.76. The van der Waals surface area contributed by atoms with Crippen LogP contribution in [0, 0.1) is 0 Å². The zero-order valence-electron chi connectivity index (χ0n) is 14.9. The van der Waals surface area contributed by atoms with Gasteiger partial charge in [0.15, 0.2) is 12.0 Å². The van der Waals surface area contributed by atoms with E-state index in [9.17, 15) is 9.90 Å². The van der Waals surface area contributed by atoms with Gasteiger partial charge in [0.2, 0.25) is 0 Å². The van der Waals surface area contributed by atoms with E-state index in [0.717, 1.165) is 25.7 Å². The molecule has 0 aromatic heterocycles. The second-order valence-electron chi connectivity index (χ2n) is 6.45. The average molecular weight is 410 g/mol. The topological polar surface area (TPSA) is 67.8 Å². The van der Waals surface area contributed by atoms with Gasteiger partial charge in [-0.3, -0.25) is 0 Å². The smallest absolute Gasteiger partial charge is 0.337 e. The van der Waals surface area contributed by atoms with Gasteiger partial charge in [0.1, 0.15) is 0 Å². The summed E-state index contributed by atoms with van der Waals surface area (Å²) in [4.78, 5) is 11.5. The lowest BCUT2D eigenvalue weighted by molar-refractivity contribution is 0.0601. The number of aliphatic hydroxyl groups is 1. The lowest BCUT2D eigenvalue weighted by Gasteiger charge is -2.19. The molecule has 0 saturated heterocycles. The maximum atomic E-state index is 11.5. The Morgan fingerprint density at radius 3 is 2.30 bits per heavy atom. The summed E-state index contributed by atoms with van der Waals surface area (Å²) in [5, 5.41) is 14.1. The van der Waals surface area contributed by atoms with Crippen molar-refractivity contribution in [3.8, 4) is 5.75 Å². The van der Waals surface area contributed by atoms with Gasteiger partial charge in [0.05, 0.1) is 28.8 Å². The van der Waals surface area contributed by atoms with E-state index >= 15 is 0 Å². The lowest BCUT2D eigenvalue weighted by atomic mass is 10.1. The molecule has 0 heterocycles. The van der Waals surface area contributed by atoms with Gasteiger partial charge < -0.3 is 19.9 Å². The largest absolute Gasteiger partial charge is 0.487 e. The minimum Gasteiger partial charge on any atom is -0.487 e. The van der Waals surface area contributed by atoms with E-state index in [4.69, 9.17) is 27.9 Å². The zero-order valence-corrected chi connectivity index (χ0v) is 16.4. The van der Waals surface area contributed by atoms with E-state index in [2.05, 4.69) is 10.1 Å². The lowest BCUT2D eigenvalue weighted by Crippen LogP contribution is -2.13. The Morgan fingerprint density at radius 2 is 1.74 bits per heavy atom. The summed E-state index contributed by atoms with van der Waals surface area (Å²) in [7, 11) is 1.33. The van der Waals surface area contributed by atoms with Crippen molar-refractivity contribution in [1.29, 1.82) is 0 Å². The molecule has 2 N–H and O–H groups in total. The predicted octanol–water partition coefficient (Wildman–Crippen LogP) is 5.20. The molecule has 1 fully saturated rings. The molecule has 1 atom stereocenters. The highest BCUT2D eigenvalue weighted by Gasteiger charge is 2.21. The number of nitrogens with one attached hydrogen (secondary N) is 1. The molecule has 144 valence electrons. The molecule has 0 spiro atoms. The Balaban J connectivity index is 1.70. The summed E-state index contributed by atoms with van der Waals surface area (Å²) >= 11 is 12.7. The van der Waals surface area contributed by atoms with E-state index in [1.807, 2.05) is 0 Å². The minimum absolute atomic E-state index is 0.141. The first-order valence-corrected chi connectivity index (χ1v) is 9.52. The number of halogens is 2. The third-order valence-electron chi connectivity index (χ3n) is 4.53. The fraction of sp³-hybridized carbons (Fsp3) is 0.350. The summed E-state index contributed by atoms with van der Waals surface area (Å²) < 4.78 is 10.6. The molecule has 1 aliphatic rings. The van der Waals surface area contributed by atoms with Crippen molar-refractivity contribution in [3.05, 3.63) is 57.6 Å². The number of anilines is 1. The number of rotatable bonds is 6. The molecule has 1 saturated carbocycles. The zero-order chi connectivity index (χ0) is 19.4. The van der Waals surface area contributed by atoms with Crippen LogP contribution in [0.25, 0.3) is 0 Å². The molecular formula is C20H21Cl2NO4. The Morgan fingerprint density at radius 1 is 1.15 bits per heavy atom. The summed E-state index contributed by atoms with van der Waals surface area (Å²) in [5.41, 5.74) is 1.58. The molecule has 1 aliphatic carbocycles. The second kappa shape index (κ2) is 8.83. The van der Waals surface area contributed by atoms with E-state index in [1.54, 1.807) is 36.4 Å². The summed E-state index contributed by atoms with van der Waals surface area (Å²) in [6.45, 7) is 0. The number of esters is 1. The van der Waals surface area contributed by atoms with Crippen LogP contribution >= 0.6 is 23.2 Å². The quantitative estimate of drug-likeness (QED) is 0.506. The predicted molar refractivity (Wildman–Crippen MR) is 106 cm³/mol. The number of carbonyl (C=O) groups is 1.